The van der Waals surface area contributed by atoms with E-state index in [9.17, 15) is 13.6 Å². The Balaban J connectivity index is 1.98. The summed E-state index contributed by atoms with van der Waals surface area (Å²) < 4.78 is 46.4. The highest BCUT2D eigenvalue weighted by atomic mass is 35.5. The molecule has 0 radical (unpaired) electrons. The van der Waals surface area contributed by atoms with Gasteiger partial charge in [-0.2, -0.15) is 8.78 Å². The maximum absolute atomic E-state index is 14.3. The number of hydrogen-bond acceptors (Lipinski definition) is 6. The molecule has 180 valence electrons. The zero-order chi connectivity index (χ0) is 24.6. The molecule has 1 aromatic heterocycles. The second-order valence-corrected chi connectivity index (χ2v) is 8.58. The summed E-state index contributed by atoms with van der Waals surface area (Å²) in [6.45, 7) is 1.78. The molecule has 1 aliphatic heterocycles. The van der Waals surface area contributed by atoms with E-state index in [1.54, 1.807) is 31.2 Å². The number of fused-ring (bicyclic) bond motifs is 3. The minimum absolute atomic E-state index is 0.0477. The number of nitrogens with zero attached hydrogens (tertiary/aromatic N) is 3. The number of benzene rings is 2. The summed E-state index contributed by atoms with van der Waals surface area (Å²) in [6, 6.07) is 9.68. The van der Waals surface area contributed by atoms with E-state index in [0.717, 1.165) is 4.57 Å². The first kappa shape index (κ1) is 24.7. The smallest absolute Gasteiger partial charge is 0.382 e. The molecular weight excluding hydrogens is 515 g/mol. The Bertz CT molecular complexity index is 1230. The average molecular weight is 533 g/mol. The Morgan fingerprint density at radius 3 is 2.65 bits per heavy atom. The Morgan fingerprint density at radius 2 is 1.97 bits per heavy atom. The van der Waals surface area contributed by atoms with E-state index in [0.29, 0.717) is 21.9 Å². The number of hydrogen-bond donors (Lipinski definition) is 0. The Kier molecular flexibility index (Phi) is 7.00. The number of esters is 1. The van der Waals surface area contributed by atoms with Gasteiger partial charge in [-0.05, 0) is 42.8 Å². The highest BCUT2D eigenvalue weighted by molar-refractivity contribution is 6.33. The zero-order valence-electron chi connectivity index (χ0n) is 17.9. The van der Waals surface area contributed by atoms with E-state index in [4.69, 9.17) is 49.0 Å². The molecule has 0 aliphatic carbocycles. The molecule has 7 nitrogen and oxygen atoms in total. The van der Waals surface area contributed by atoms with Crippen LogP contribution in [-0.4, -0.2) is 34.5 Å². The fraction of sp³-hybridized carbons (Fsp3) is 0.318. The van der Waals surface area contributed by atoms with Crippen molar-refractivity contribution < 1.29 is 27.8 Å². The van der Waals surface area contributed by atoms with E-state index in [1.165, 1.54) is 19.2 Å². The largest absolute Gasteiger partial charge is 0.495 e. The van der Waals surface area contributed by atoms with E-state index in [1.807, 2.05) is 0 Å². The molecule has 0 bridgehead atoms. The molecule has 2 atom stereocenters. The van der Waals surface area contributed by atoms with Crippen molar-refractivity contribution in [1.29, 1.82) is 0 Å². The van der Waals surface area contributed by atoms with Crippen LogP contribution < -0.4 is 4.74 Å². The minimum atomic E-state index is -3.86. The summed E-state index contributed by atoms with van der Waals surface area (Å²) in [4.78, 5) is 12.4. The number of halogens is 5. The van der Waals surface area contributed by atoms with Gasteiger partial charge in [-0.25, -0.2) is 0 Å². The van der Waals surface area contributed by atoms with E-state index < -0.39 is 29.4 Å². The van der Waals surface area contributed by atoms with Crippen molar-refractivity contribution in [2.75, 3.05) is 13.7 Å². The Hall–Kier alpha value is -2.46. The zero-order valence-corrected chi connectivity index (χ0v) is 20.2. The lowest BCUT2D eigenvalue weighted by Gasteiger charge is -2.24. The molecule has 0 unspecified atom stereocenters. The molecule has 34 heavy (non-hydrogen) atoms. The maximum atomic E-state index is 14.3. The number of carbonyl (C=O) groups excluding carboxylic acids is 1. The summed E-state index contributed by atoms with van der Waals surface area (Å²) in [5.74, 6) is -1.11. The van der Waals surface area contributed by atoms with Gasteiger partial charge in [-0.3, -0.25) is 9.36 Å². The van der Waals surface area contributed by atoms with Crippen LogP contribution in [0, 0.1) is 0 Å². The Labute approximate surface area is 208 Å². The molecule has 0 saturated heterocycles. The predicted molar refractivity (Wildman–Crippen MR) is 121 cm³/mol. The average Bonchev–Trinajstić information content (AvgIpc) is 3.18. The monoisotopic (exact) mass is 531 g/mol. The number of aromatic nitrogens is 3. The molecule has 4 rings (SSSR count). The predicted octanol–water partition coefficient (Wildman–Crippen LogP) is 5.98. The highest BCUT2D eigenvalue weighted by Crippen LogP contribution is 2.46. The number of rotatable bonds is 6. The van der Waals surface area contributed by atoms with Gasteiger partial charge < -0.3 is 14.2 Å². The lowest BCUT2D eigenvalue weighted by atomic mass is 9.99. The number of carbonyl (C=O) groups is 1. The SMILES string of the molecule is CCOC(=O)C[C@@H]1O[C@@H](c2cccc(OC)c2Cl)c2cc(Cl)ccc2-n2c1nnc2C(F)(F)Cl. The molecule has 0 spiro atoms. The highest BCUT2D eigenvalue weighted by Gasteiger charge is 2.42. The minimum Gasteiger partial charge on any atom is -0.495 e. The van der Waals surface area contributed by atoms with Crippen molar-refractivity contribution in [3.05, 3.63) is 69.2 Å². The van der Waals surface area contributed by atoms with Crippen LogP contribution in [-0.2, 0) is 19.6 Å². The van der Waals surface area contributed by atoms with Gasteiger partial charge in [0.25, 0.3) is 0 Å². The van der Waals surface area contributed by atoms with E-state index in [2.05, 4.69) is 10.2 Å². The van der Waals surface area contributed by atoms with Crippen LogP contribution in [0.15, 0.2) is 36.4 Å². The summed E-state index contributed by atoms with van der Waals surface area (Å²) in [5.41, 5.74) is 1.10. The van der Waals surface area contributed by atoms with E-state index >= 15 is 0 Å². The Morgan fingerprint density at radius 1 is 1.21 bits per heavy atom. The van der Waals surface area contributed by atoms with Gasteiger partial charge in [-0.15, -0.1) is 10.2 Å². The van der Waals surface area contributed by atoms with Crippen LogP contribution in [0.5, 0.6) is 5.75 Å². The first-order valence-corrected chi connectivity index (χ1v) is 11.2. The summed E-state index contributed by atoms with van der Waals surface area (Å²) in [7, 11) is 1.46. The van der Waals surface area contributed by atoms with Crippen LogP contribution in [0.3, 0.4) is 0 Å². The third kappa shape index (κ3) is 4.57. The van der Waals surface area contributed by atoms with Crippen LogP contribution in [0.25, 0.3) is 5.69 Å². The molecule has 2 aromatic carbocycles. The first-order chi connectivity index (χ1) is 16.2. The van der Waals surface area contributed by atoms with Crippen LogP contribution in [0.4, 0.5) is 8.78 Å². The molecule has 12 heteroatoms. The van der Waals surface area contributed by atoms with Gasteiger partial charge in [0, 0.05) is 16.1 Å². The lowest BCUT2D eigenvalue weighted by Crippen LogP contribution is -2.18. The van der Waals surface area contributed by atoms with Gasteiger partial charge in [0.1, 0.15) is 18.0 Å². The van der Waals surface area contributed by atoms with Gasteiger partial charge in [0.15, 0.2) is 5.82 Å². The van der Waals surface area contributed by atoms with Gasteiger partial charge >= 0.3 is 11.4 Å². The van der Waals surface area contributed by atoms with Crippen molar-refractivity contribution in [3.8, 4) is 11.4 Å². The third-order valence-corrected chi connectivity index (χ3v) is 6.00. The number of methoxy groups -OCH3 is 1. The quantitative estimate of drug-likeness (QED) is 0.287. The normalized spacial score (nSPS) is 17.5. The fourth-order valence-electron chi connectivity index (χ4n) is 3.80. The lowest BCUT2D eigenvalue weighted by molar-refractivity contribution is -0.147. The van der Waals surface area contributed by atoms with Crippen molar-refractivity contribution in [3.63, 3.8) is 0 Å². The maximum Gasteiger partial charge on any atom is 0.382 e. The van der Waals surface area contributed by atoms with Crippen LogP contribution in [0.2, 0.25) is 10.0 Å². The summed E-state index contributed by atoms with van der Waals surface area (Å²) >= 11 is 18.2. The summed E-state index contributed by atoms with van der Waals surface area (Å²) in [5, 5.41) is 4.22. The molecule has 0 saturated carbocycles. The van der Waals surface area contributed by atoms with Gasteiger partial charge in [0.2, 0.25) is 5.82 Å². The molecule has 1 aliphatic rings. The third-order valence-electron chi connectivity index (χ3n) is 5.20. The molecule has 0 fully saturated rings. The van der Waals surface area contributed by atoms with Crippen molar-refractivity contribution in [2.45, 2.75) is 30.9 Å². The van der Waals surface area contributed by atoms with E-state index in [-0.39, 0.29) is 29.6 Å². The van der Waals surface area contributed by atoms with Crippen molar-refractivity contribution >= 4 is 40.8 Å². The summed E-state index contributed by atoms with van der Waals surface area (Å²) in [6.07, 6.45) is -2.38. The topological polar surface area (TPSA) is 75.5 Å². The molecule has 0 amide bonds. The second-order valence-electron chi connectivity index (χ2n) is 7.30. The van der Waals surface area contributed by atoms with Crippen LogP contribution >= 0.6 is 34.8 Å². The molecule has 2 heterocycles. The molecular formula is C22H18Cl3F2N3O4. The fourth-order valence-corrected chi connectivity index (χ4v) is 4.41. The number of alkyl halides is 3. The van der Waals surface area contributed by atoms with Gasteiger partial charge in [-0.1, -0.05) is 35.3 Å². The second kappa shape index (κ2) is 9.65. The van der Waals surface area contributed by atoms with Gasteiger partial charge in [0.05, 0.1) is 30.8 Å². The van der Waals surface area contributed by atoms with Crippen LogP contribution in [0.1, 0.15) is 48.3 Å². The molecule has 0 N–H and O–H groups in total. The first-order valence-electron chi connectivity index (χ1n) is 10.1. The standard InChI is InChI=1S/C22H18Cl3F2N3O4/c1-3-33-17(31)10-16-20-28-29-21(22(25,26)27)30(20)14-8-7-11(23)9-13(14)19(34-16)12-5-4-6-15(32-2)18(12)24/h4-9,16,19H,3,10H2,1-2H3/t16-,19-/m0/s1. The number of ether oxygens (including phenoxy) is 3. The van der Waals surface area contributed by atoms with Crippen molar-refractivity contribution in [1.82, 2.24) is 14.8 Å². The van der Waals surface area contributed by atoms with Crippen molar-refractivity contribution in [2.24, 2.45) is 0 Å². The molecule has 3 aromatic rings.